The highest BCUT2D eigenvalue weighted by Crippen LogP contribution is 2.22. The van der Waals surface area contributed by atoms with Crippen LogP contribution in [0.2, 0.25) is 0 Å². The van der Waals surface area contributed by atoms with E-state index in [0.29, 0.717) is 11.4 Å². The van der Waals surface area contributed by atoms with Crippen molar-refractivity contribution in [2.75, 3.05) is 40.3 Å². The monoisotopic (exact) mass is 339 g/mol. The van der Waals surface area contributed by atoms with E-state index in [9.17, 15) is 8.42 Å². The van der Waals surface area contributed by atoms with Crippen LogP contribution in [0, 0.1) is 0 Å². The Morgan fingerprint density at radius 3 is 2.30 bits per heavy atom. The van der Waals surface area contributed by atoms with Crippen LogP contribution in [-0.2, 0) is 22.9 Å². The molecule has 1 heterocycles. The molecule has 0 radical (unpaired) electrons. The molecule has 0 bridgehead atoms. The van der Waals surface area contributed by atoms with Gasteiger partial charge in [-0.3, -0.25) is 4.90 Å². The normalized spacial score (nSPS) is 20.8. The van der Waals surface area contributed by atoms with Crippen LogP contribution in [-0.4, -0.2) is 64.5 Å². The fraction of sp³-hybridized carbons (Fsp3) is 0.647. The Morgan fingerprint density at radius 2 is 1.74 bits per heavy atom. The number of aryl methyl sites for hydroxylation is 2. The van der Waals surface area contributed by atoms with Crippen molar-refractivity contribution < 1.29 is 8.42 Å². The van der Waals surface area contributed by atoms with Gasteiger partial charge in [0.1, 0.15) is 0 Å². The van der Waals surface area contributed by atoms with Gasteiger partial charge >= 0.3 is 0 Å². The molecule has 23 heavy (non-hydrogen) atoms. The third-order valence-corrected chi connectivity index (χ3v) is 6.31. The van der Waals surface area contributed by atoms with Gasteiger partial charge in [0.25, 0.3) is 0 Å². The van der Waals surface area contributed by atoms with E-state index in [1.807, 2.05) is 32.0 Å². The Morgan fingerprint density at radius 1 is 1.13 bits per heavy atom. The predicted octanol–water partition coefficient (Wildman–Crippen LogP) is 1.34. The molecular weight excluding hydrogens is 310 g/mol. The molecule has 5 nitrogen and oxygen atoms in total. The molecule has 0 spiro atoms. The summed E-state index contributed by atoms with van der Waals surface area (Å²) in [6.07, 6.45) is 1.44. The number of rotatable bonds is 6. The van der Waals surface area contributed by atoms with Crippen LogP contribution in [0.15, 0.2) is 23.1 Å². The Bertz CT molecular complexity index is 608. The van der Waals surface area contributed by atoms with Crippen molar-refractivity contribution in [3.8, 4) is 0 Å². The number of nitrogens with zero attached hydrogens (tertiary/aromatic N) is 2. The molecule has 0 unspecified atom stereocenters. The number of benzene rings is 1. The van der Waals surface area contributed by atoms with Crippen molar-refractivity contribution in [3.05, 3.63) is 29.3 Å². The van der Waals surface area contributed by atoms with Crippen LogP contribution >= 0.6 is 0 Å². The van der Waals surface area contributed by atoms with Gasteiger partial charge in [-0.15, -0.1) is 0 Å². The number of likely N-dealkylation sites (N-methyl/N-ethyl adjacent to an activating group) is 2. The van der Waals surface area contributed by atoms with E-state index in [1.54, 1.807) is 0 Å². The summed E-state index contributed by atoms with van der Waals surface area (Å²) in [6.45, 7) is 7.32. The molecule has 0 aliphatic carbocycles. The van der Waals surface area contributed by atoms with Gasteiger partial charge in [0, 0.05) is 32.2 Å². The maximum Gasteiger partial charge on any atom is 0.241 e. The van der Waals surface area contributed by atoms with Crippen LogP contribution in [0.25, 0.3) is 0 Å². The van der Waals surface area contributed by atoms with Crippen LogP contribution < -0.4 is 4.72 Å². The van der Waals surface area contributed by atoms with Crippen LogP contribution in [0.5, 0.6) is 0 Å². The third kappa shape index (κ3) is 4.32. The van der Waals surface area contributed by atoms with Gasteiger partial charge in [-0.25, -0.2) is 13.1 Å². The van der Waals surface area contributed by atoms with Crippen molar-refractivity contribution in [1.82, 2.24) is 14.5 Å². The second-order valence-electron chi connectivity index (χ2n) is 6.36. The summed E-state index contributed by atoms with van der Waals surface area (Å²) in [5.74, 6) is 0. The van der Waals surface area contributed by atoms with Crippen LogP contribution in [0.4, 0.5) is 0 Å². The van der Waals surface area contributed by atoms with E-state index >= 15 is 0 Å². The van der Waals surface area contributed by atoms with E-state index in [4.69, 9.17) is 0 Å². The lowest BCUT2D eigenvalue weighted by atomic mass is 10.1. The highest BCUT2D eigenvalue weighted by atomic mass is 32.2. The number of hydrogen-bond acceptors (Lipinski definition) is 4. The average molecular weight is 340 g/mol. The van der Waals surface area contributed by atoms with Crippen molar-refractivity contribution in [2.45, 2.75) is 37.6 Å². The topological polar surface area (TPSA) is 52.7 Å². The largest absolute Gasteiger partial charge is 0.303 e. The Labute approximate surface area is 140 Å². The van der Waals surface area contributed by atoms with Crippen molar-refractivity contribution >= 4 is 10.0 Å². The zero-order valence-electron chi connectivity index (χ0n) is 14.7. The van der Waals surface area contributed by atoms with Gasteiger partial charge in [0.2, 0.25) is 10.0 Å². The number of nitrogens with one attached hydrogen (secondary N) is 1. The fourth-order valence-electron chi connectivity index (χ4n) is 3.14. The molecule has 0 saturated carbocycles. The lowest BCUT2D eigenvalue weighted by molar-refractivity contribution is 0.117. The second kappa shape index (κ2) is 7.75. The lowest BCUT2D eigenvalue weighted by Gasteiger charge is -2.37. The molecule has 0 aromatic heterocycles. The molecule has 1 atom stereocenters. The number of hydrogen-bond donors (Lipinski definition) is 1. The SMILES string of the molecule is CCc1cccc(CC)c1S(=O)(=O)NC[C@@H]1CN(C)CCN1C. The predicted molar refractivity (Wildman–Crippen MR) is 94.3 cm³/mol. The van der Waals surface area contributed by atoms with Crippen LogP contribution in [0.1, 0.15) is 25.0 Å². The molecule has 1 aliphatic heterocycles. The van der Waals surface area contributed by atoms with Crippen LogP contribution in [0.3, 0.4) is 0 Å². The van der Waals surface area contributed by atoms with Crippen molar-refractivity contribution in [1.29, 1.82) is 0 Å². The van der Waals surface area contributed by atoms with Gasteiger partial charge in [0.05, 0.1) is 4.90 Å². The van der Waals surface area contributed by atoms with E-state index in [0.717, 1.165) is 43.6 Å². The van der Waals surface area contributed by atoms with E-state index in [-0.39, 0.29) is 6.04 Å². The third-order valence-electron chi connectivity index (χ3n) is 4.70. The summed E-state index contributed by atoms with van der Waals surface area (Å²) in [5, 5.41) is 0. The zero-order chi connectivity index (χ0) is 17.0. The fourth-order valence-corrected chi connectivity index (χ4v) is 4.81. The van der Waals surface area contributed by atoms with Gasteiger partial charge in [-0.1, -0.05) is 32.0 Å². The minimum absolute atomic E-state index is 0.211. The summed E-state index contributed by atoms with van der Waals surface area (Å²) in [6, 6.07) is 5.98. The molecule has 1 aliphatic rings. The quantitative estimate of drug-likeness (QED) is 0.850. The molecular formula is C17H29N3O2S. The maximum absolute atomic E-state index is 12.9. The molecule has 1 fully saturated rings. The highest BCUT2D eigenvalue weighted by molar-refractivity contribution is 7.89. The Balaban J connectivity index is 2.19. The molecule has 1 saturated heterocycles. The Hall–Kier alpha value is -0.950. The molecule has 2 rings (SSSR count). The number of piperazine rings is 1. The number of sulfonamides is 1. The van der Waals surface area contributed by atoms with Gasteiger partial charge in [0.15, 0.2) is 0 Å². The van der Waals surface area contributed by atoms with Gasteiger partial charge in [-0.2, -0.15) is 0 Å². The molecule has 0 amide bonds. The van der Waals surface area contributed by atoms with Crippen molar-refractivity contribution in [2.24, 2.45) is 0 Å². The highest BCUT2D eigenvalue weighted by Gasteiger charge is 2.26. The summed E-state index contributed by atoms with van der Waals surface area (Å²) >= 11 is 0. The first-order valence-corrected chi connectivity index (χ1v) is 9.86. The summed E-state index contributed by atoms with van der Waals surface area (Å²) in [5.41, 5.74) is 1.79. The Kier molecular flexibility index (Phi) is 6.19. The first kappa shape index (κ1) is 18.4. The van der Waals surface area contributed by atoms with Gasteiger partial charge < -0.3 is 4.90 Å². The lowest BCUT2D eigenvalue weighted by Crippen LogP contribution is -2.54. The minimum atomic E-state index is -3.48. The molecule has 1 N–H and O–H groups in total. The maximum atomic E-state index is 12.9. The first-order valence-electron chi connectivity index (χ1n) is 8.38. The molecule has 130 valence electrons. The molecule has 1 aromatic rings. The summed E-state index contributed by atoms with van der Waals surface area (Å²) in [4.78, 5) is 4.96. The smallest absolute Gasteiger partial charge is 0.241 e. The molecule has 6 heteroatoms. The van der Waals surface area contributed by atoms with E-state index in [2.05, 4.69) is 28.6 Å². The first-order chi connectivity index (χ1) is 10.9. The van der Waals surface area contributed by atoms with E-state index in [1.165, 1.54) is 0 Å². The minimum Gasteiger partial charge on any atom is -0.303 e. The van der Waals surface area contributed by atoms with Gasteiger partial charge in [-0.05, 0) is 38.1 Å². The summed E-state index contributed by atoms with van der Waals surface area (Å²) in [7, 11) is 0.657. The van der Waals surface area contributed by atoms with E-state index < -0.39 is 10.0 Å². The summed E-state index contributed by atoms with van der Waals surface area (Å²) < 4.78 is 28.6. The average Bonchev–Trinajstić information content (AvgIpc) is 2.54. The van der Waals surface area contributed by atoms with Crippen molar-refractivity contribution in [3.63, 3.8) is 0 Å². The zero-order valence-corrected chi connectivity index (χ0v) is 15.5. The molecule has 1 aromatic carbocycles. The second-order valence-corrected chi connectivity index (χ2v) is 8.06. The standard InChI is InChI=1S/C17H29N3O2S/c1-5-14-8-7-9-15(6-2)17(14)23(21,22)18-12-16-13-19(3)10-11-20(16)4/h7-9,16,18H,5-6,10-13H2,1-4H3/t16-/m1/s1.